The SMILES string of the molecule is c1ccc(-c2cccc(-c3ccccc3N(c3ccc4c(c3)oc3ccccc34)c3ccccc3-c3ccccc3-c3ccccc3)c2)cc1. The number of nitrogens with zero attached hydrogens (tertiary/aromatic N) is 1. The Bertz CT molecular complexity index is 2600. The molecule has 9 rings (SSSR count). The summed E-state index contributed by atoms with van der Waals surface area (Å²) >= 11 is 0. The highest BCUT2D eigenvalue weighted by molar-refractivity contribution is 6.07. The average molecular weight is 640 g/mol. The zero-order chi connectivity index (χ0) is 33.3. The minimum atomic E-state index is 0.861. The molecule has 0 spiro atoms. The maximum atomic E-state index is 6.46. The molecule has 0 saturated carbocycles. The molecule has 0 bridgehead atoms. The van der Waals surface area contributed by atoms with Gasteiger partial charge in [0.25, 0.3) is 0 Å². The molecule has 50 heavy (non-hydrogen) atoms. The van der Waals surface area contributed by atoms with Crippen molar-refractivity contribution in [1.29, 1.82) is 0 Å². The number of fused-ring (bicyclic) bond motifs is 3. The van der Waals surface area contributed by atoms with E-state index >= 15 is 0 Å². The first kappa shape index (κ1) is 29.5. The Morgan fingerprint density at radius 2 is 0.840 bits per heavy atom. The van der Waals surface area contributed by atoms with Crippen molar-refractivity contribution in [3.05, 3.63) is 200 Å². The largest absolute Gasteiger partial charge is 0.456 e. The van der Waals surface area contributed by atoms with E-state index in [1.807, 2.05) is 12.1 Å². The van der Waals surface area contributed by atoms with Crippen LogP contribution in [0.3, 0.4) is 0 Å². The molecule has 1 aromatic heterocycles. The monoisotopic (exact) mass is 639 g/mol. The second-order valence-electron chi connectivity index (χ2n) is 12.5. The molecule has 9 aromatic rings. The highest BCUT2D eigenvalue weighted by Crippen LogP contribution is 2.47. The van der Waals surface area contributed by atoms with Gasteiger partial charge in [-0.25, -0.2) is 0 Å². The third-order valence-corrected chi connectivity index (χ3v) is 9.49. The van der Waals surface area contributed by atoms with Gasteiger partial charge in [-0.15, -0.1) is 0 Å². The van der Waals surface area contributed by atoms with Crippen molar-refractivity contribution in [2.45, 2.75) is 0 Å². The maximum absolute atomic E-state index is 6.46. The summed E-state index contributed by atoms with van der Waals surface area (Å²) in [6.07, 6.45) is 0. The Kier molecular flexibility index (Phi) is 7.53. The van der Waals surface area contributed by atoms with Crippen LogP contribution in [0.25, 0.3) is 66.4 Å². The molecule has 2 nitrogen and oxygen atoms in total. The molecule has 0 fully saturated rings. The Morgan fingerprint density at radius 1 is 0.300 bits per heavy atom. The van der Waals surface area contributed by atoms with Crippen molar-refractivity contribution in [2.24, 2.45) is 0 Å². The number of rotatable bonds is 7. The van der Waals surface area contributed by atoms with Crippen LogP contribution in [-0.2, 0) is 0 Å². The van der Waals surface area contributed by atoms with E-state index in [1.165, 1.54) is 27.8 Å². The first-order valence-corrected chi connectivity index (χ1v) is 17.0. The molecule has 0 aliphatic rings. The number of para-hydroxylation sites is 3. The van der Waals surface area contributed by atoms with E-state index in [0.29, 0.717) is 0 Å². The van der Waals surface area contributed by atoms with Gasteiger partial charge in [-0.2, -0.15) is 0 Å². The zero-order valence-corrected chi connectivity index (χ0v) is 27.4. The number of hydrogen-bond donors (Lipinski definition) is 0. The second-order valence-corrected chi connectivity index (χ2v) is 12.5. The Balaban J connectivity index is 1.29. The standard InChI is InChI=1S/C48H33NO/c1-3-16-34(17-4-1)36-20-15-21-37(32-36)40-23-9-12-27-45(40)49(38-30-31-44-43-26-11-14-29-47(43)50-48(44)33-38)46-28-13-10-25-42(46)41-24-8-7-22-39(41)35-18-5-2-6-19-35/h1-33H. The van der Waals surface area contributed by atoms with Crippen molar-refractivity contribution in [2.75, 3.05) is 4.90 Å². The number of benzene rings is 8. The first-order chi connectivity index (χ1) is 24.8. The van der Waals surface area contributed by atoms with Crippen molar-refractivity contribution >= 4 is 39.0 Å². The molecular weight excluding hydrogens is 607 g/mol. The van der Waals surface area contributed by atoms with Crippen LogP contribution in [0.1, 0.15) is 0 Å². The normalized spacial score (nSPS) is 11.2. The summed E-state index contributed by atoms with van der Waals surface area (Å²) in [6, 6.07) is 71.1. The summed E-state index contributed by atoms with van der Waals surface area (Å²) in [6.45, 7) is 0. The molecule has 8 aromatic carbocycles. The zero-order valence-electron chi connectivity index (χ0n) is 27.4. The molecule has 0 aliphatic carbocycles. The Hall–Kier alpha value is -6.64. The lowest BCUT2D eigenvalue weighted by molar-refractivity contribution is 0.669. The summed E-state index contributed by atoms with van der Waals surface area (Å²) < 4.78 is 6.46. The topological polar surface area (TPSA) is 16.4 Å². The molecule has 1 heterocycles. The van der Waals surface area contributed by atoms with Crippen LogP contribution in [0.2, 0.25) is 0 Å². The molecule has 0 radical (unpaired) electrons. The highest BCUT2D eigenvalue weighted by Gasteiger charge is 2.22. The van der Waals surface area contributed by atoms with Crippen LogP contribution in [0, 0.1) is 0 Å². The van der Waals surface area contributed by atoms with Crippen molar-refractivity contribution in [3.8, 4) is 44.5 Å². The van der Waals surface area contributed by atoms with Gasteiger partial charge in [-0.1, -0.05) is 158 Å². The van der Waals surface area contributed by atoms with Crippen molar-refractivity contribution in [3.63, 3.8) is 0 Å². The third-order valence-electron chi connectivity index (χ3n) is 9.49. The van der Waals surface area contributed by atoms with Crippen molar-refractivity contribution in [1.82, 2.24) is 0 Å². The van der Waals surface area contributed by atoms with Gasteiger partial charge >= 0.3 is 0 Å². The van der Waals surface area contributed by atoms with E-state index in [1.54, 1.807) is 0 Å². The second kappa shape index (κ2) is 12.8. The number of hydrogen-bond acceptors (Lipinski definition) is 2. The van der Waals surface area contributed by atoms with Gasteiger partial charge in [-0.05, 0) is 69.8 Å². The predicted octanol–water partition coefficient (Wildman–Crippen LogP) is 13.7. The van der Waals surface area contributed by atoms with Gasteiger partial charge in [-0.3, -0.25) is 0 Å². The van der Waals surface area contributed by atoms with E-state index < -0.39 is 0 Å². The molecule has 0 atom stereocenters. The summed E-state index contributed by atoms with van der Waals surface area (Å²) in [4.78, 5) is 2.40. The Labute approximate surface area is 292 Å². The highest BCUT2D eigenvalue weighted by atomic mass is 16.3. The fourth-order valence-electron chi connectivity index (χ4n) is 7.16. The van der Waals surface area contributed by atoms with Crippen LogP contribution in [0.15, 0.2) is 205 Å². The maximum Gasteiger partial charge on any atom is 0.137 e. The van der Waals surface area contributed by atoms with Gasteiger partial charge in [0, 0.05) is 33.7 Å². The molecule has 0 unspecified atom stereocenters. The summed E-state index contributed by atoms with van der Waals surface area (Å²) in [5.74, 6) is 0. The molecule has 2 heteroatoms. The van der Waals surface area contributed by atoms with Gasteiger partial charge in [0.2, 0.25) is 0 Å². The van der Waals surface area contributed by atoms with E-state index in [2.05, 4.69) is 193 Å². The molecule has 0 aliphatic heterocycles. The summed E-state index contributed by atoms with van der Waals surface area (Å²) in [7, 11) is 0. The van der Waals surface area contributed by atoms with Gasteiger partial charge in [0.15, 0.2) is 0 Å². The predicted molar refractivity (Wildman–Crippen MR) is 210 cm³/mol. The van der Waals surface area contributed by atoms with Crippen LogP contribution in [0.4, 0.5) is 17.1 Å². The fraction of sp³-hybridized carbons (Fsp3) is 0. The molecule has 0 N–H and O–H groups in total. The fourth-order valence-corrected chi connectivity index (χ4v) is 7.16. The lowest BCUT2D eigenvalue weighted by Gasteiger charge is -2.30. The van der Waals surface area contributed by atoms with Gasteiger partial charge in [0.1, 0.15) is 11.2 Å². The molecule has 0 saturated heterocycles. The minimum absolute atomic E-state index is 0.861. The average Bonchev–Trinajstić information content (AvgIpc) is 3.57. The number of anilines is 3. The van der Waals surface area contributed by atoms with E-state index in [9.17, 15) is 0 Å². The van der Waals surface area contributed by atoms with E-state index in [4.69, 9.17) is 4.42 Å². The first-order valence-electron chi connectivity index (χ1n) is 17.0. The van der Waals surface area contributed by atoms with E-state index in [0.717, 1.165) is 55.7 Å². The summed E-state index contributed by atoms with van der Waals surface area (Å²) in [5.41, 5.74) is 14.3. The molecule has 0 amide bonds. The van der Waals surface area contributed by atoms with Gasteiger partial charge in [0.05, 0.1) is 11.4 Å². The minimum Gasteiger partial charge on any atom is -0.456 e. The quantitative estimate of drug-likeness (QED) is 0.173. The van der Waals surface area contributed by atoms with E-state index in [-0.39, 0.29) is 0 Å². The van der Waals surface area contributed by atoms with Crippen molar-refractivity contribution < 1.29 is 4.42 Å². The molecular formula is C48H33NO. The lowest BCUT2D eigenvalue weighted by atomic mass is 9.92. The number of furan rings is 1. The smallest absolute Gasteiger partial charge is 0.137 e. The van der Waals surface area contributed by atoms with Crippen LogP contribution in [-0.4, -0.2) is 0 Å². The Morgan fingerprint density at radius 3 is 1.62 bits per heavy atom. The van der Waals surface area contributed by atoms with Gasteiger partial charge < -0.3 is 9.32 Å². The molecule has 236 valence electrons. The van der Waals surface area contributed by atoms with Crippen LogP contribution >= 0.6 is 0 Å². The van der Waals surface area contributed by atoms with Crippen LogP contribution < -0.4 is 4.90 Å². The lowest BCUT2D eigenvalue weighted by Crippen LogP contribution is -2.12. The van der Waals surface area contributed by atoms with Crippen LogP contribution in [0.5, 0.6) is 0 Å². The third kappa shape index (κ3) is 5.34. The summed E-state index contributed by atoms with van der Waals surface area (Å²) in [5, 5.41) is 2.23.